The van der Waals surface area contributed by atoms with Crippen LogP contribution in [0, 0.1) is 5.92 Å². The number of hydrogen-bond donors (Lipinski definition) is 2. The lowest BCUT2D eigenvalue weighted by molar-refractivity contribution is -0.142. The number of nitrogens with one attached hydrogen (secondary N) is 1. The lowest BCUT2D eigenvalue weighted by Gasteiger charge is -2.17. The number of aliphatic carboxylic acids is 1. The second-order valence-electron chi connectivity index (χ2n) is 4.49. The van der Waals surface area contributed by atoms with Gasteiger partial charge in [0.1, 0.15) is 6.04 Å². The van der Waals surface area contributed by atoms with Gasteiger partial charge in [0.05, 0.1) is 10.8 Å². The van der Waals surface area contributed by atoms with Crippen molar-refractivity contribution in [2.75, 3.05) is 5.75 Å². The monoisotopic (exact) mass is 335 g/mol. The first-order chi connectivity index (χ1) is 9.31. The third kappa shape index (κ3) is 5.23. The molecule has 1 atom stereocenters. The summed E-state index contributed by atoms with van der Waals surface area (Å²) >= 11 is 13.0. The molecule has 1 aromatic rings. The van der Waals surface area contributed by atoms with Crippen LogP contribution < -0.4 is 5.32 Å². The summed E-state index contributed by atoms with van der Waals surface area (Å²) in [5.74, 6) is -1.50. The predicted octanol–water partition coefficient (Wildman–Crippen LogP) is 3.31. The predicted molar refractivity (Wildman–Crippen MR) is 81.6 cm³/mol. The second-order valence-corrected chi connectivity index (χ2v) is 6.35. The average molecular weight is 336 g/mol. The van der Waals surface area contributed by atoms with E-state index in [1.807, 2.05) is 0 Å². The molecule has 7 heteroatoms. The number of rotatable bonds is 6. The van der Waals surface area contributed by atoms with Gasteiger partial charge in [-0.2, -0.15) is 0 Å². The molecule has 20 heavy (non-hydrogen) atoms. The van der Waals surface area contributed by atoms with Crippen molar-refractivity contribution in [3.63, 3.8) is 0 Å². The van der Waals surface area contributed by atoms with Crippen LogP contribution >= 0.6 is 35.0 Å². The normalized spacial score (nSPS) is 12.2. The molecule has 0 saturated heterocycles. The Kier molecular flexibility index (Phi) is 6.65. The number of halogens is 2. The third-order valence-electron chi connectivity index (χ3n) is 2.50. The molecule has 0 aliphatic rings. The highest BCUT2D eigenvalue weighted by molar-refractivity contribution is 8.00. The lowest BCUT2D eigenvalue weighted by Crippen LogP contribution is -2.45. The van der Waals surface area contributed by atoms with Crippen LogP contribution in [0.15, 0.2) is 23.1 Å². The number of carbonyl (C=O) groups excluding carboxylic acids is 1. The van der Waals surface area contributed by atoms with Gasteiger partial charge in [0.2, 0.25) is 5.91 Å². The highest BCUT2D eigenvalue weighted by atomic mass is 35.5. The topological polar surface area (TPSA) is 66.4 Å². The van der Waals surface area contributed by atoms with Gasteiger partial charge in [-0.25, -0.2) is 4.79 Å². The quantitative estimate of drug-likeness (QED) is 0.782. The molecule has 0 spiro atoms. The maximum absolute atomic E-state index is 11.8. The van der Waals surface area contributed by atoms with Gasteiger partial charge in [0, 0.05) is 9.92 Å². The Balaban J connectivity index is 2.59. The van der Waals surface area contributed by atoms with Gasteiger partial charge >= 0.3 is 5.97 Å². The molecule has 0 bridgehead atoms. The number of thioether (sulfide) groups is 1. The van der Waals surface area contributed by atoms with E-state index >= 15 is 0 Å². The van der Waals surface area contributed by atoms with Crippen LogP contribution in [-0.4, -0.2) is 28.8 Å². The van der Waals surface area contributed by atoms with Crippen molar-refractivity contribution in [1.82, 2.24) is 5.32 Å². The zero-order valence-electron chi connectivity index (χ0n) is 11.0. The van der Waals surface area contributed by atoms with E-state index in [2.05, 4.69) is 5.32 Å². The summed E-state index contributed by atoms with van der Waals surface area (Å²) in [7, 11) is 0. The highest BCUT2D eigenvalue weighted by Crippen LogP contribution is 2.29. The molecule has 1 amide bonds. The number of carboxylic acids is 1. The van der Waals surface area contributed by atoms with Gasteiger partial charge in [0.25, 0.3) is 0 Å². The van der Waals surface area contributed by atoms with Crippen LogP contribution in [0.2, 0.25) is 10.0 Å². The van der Waals surface area contributed by atoms with E-state index < -0.39 is 12.0 Å². The van der Waals surface area contributed by atoms with E-state index in [0.717, 1.165) is 0 Å². The zero-order chi connectivity index (χ0) is 15.3. The molecule has 0 aliphatic carbocycles. The third-order valence-corrected chi connectivity index (χ3v) is 4.23. The summed E-state index contributed by atoms with van der Waals surface area (Å²) in [4.78, 5) is 23.4. The first kappa shape index (κ1) is 17.1. The molecule has 1 aromatic carbocycles. The summed E-state index contributed by atoms with van der Waals surface area (Å²) in [6.07, 6.45) is 0. The molecule has 2 N–H and O–H groups in total. The smallest absolute Gasteiger partial charge is 0.326 e. The van der Waals surface area contributed by atoms with Gasteiger partial charge in [-0.15, -0.1) is 11.8 Å². The summed E-state index contributed by atoms with van der Waals surface area (Å²) in [6, 6.07) is 4.09. The Hall–Kier alpha value is -0.910. The molecule has 110 valence electrons. The Morgan fingerprint density at radius 2 is 2.00 bits per heavy atom. The van der Waals surface area contributed by atoms with Crippen molar-refractivity contribution in [3.05, 3.63) is 28.2 Å². The molecule has 0 saturated carbocycles. The van der Waals surface area contributed by atoms with E-state index in [9.17, 15) is 9.59 Å². The minimum Gasteiger partial charge on any atom is -0.480 e. The molecule has 0 aromatic heterocycles. The minimum absolute atomic E-state index is 0.0799. The molecule has 0 heterocycles. The van der Waals surface area contributed by atoms with Crippen molar-refractivity contribution >= 4 is 46.8 Å². The van der Waals surface area contributed by atoms with Crippen molar-refractivity contribution in [3.8, 4) is 0 Å². The number of carboxylic acid groups (broad SMARTS) is 1. The van der Waals surface area contributed by atoms with Gasteiger partial charge in [0.15, 0.2) is 0 Å². The first-order valence-electron chi connectivity index (χ1n) is 5.91. The number of amides is 1. The molecule has 0 unspecified atom stereocenters. The Morgan fingerprint density at radius 3 is 2.55 bits per heavy atom. The SMILES string of the molecule is CC(C)[C@H](NC(=O)CSc1cc(Cl)ccc1Cl)C(=O)O. The van der Waals surface area contributed by atoms with Gasteiger partial charge < -0.3 is 10.4 Å². The van der Waals surface area contributed by atoms with Crippen LogP contribution in [0.5, 0.6) is 0 Å². The van der Waals surface area contributed by atoms with Gasteiger partial charge in [-0.1, -0.05) is 37.0 Å². The maximum atomic E-state index is 11.8. The van der Waals surface area contributed by atoms with Crippen LogP contribution in [0.25, 0.3) is 0 Å². The molecule has 0 radical (unpaired) electrons. The number of hydrogen-bond acceptors (Lipinski definition) is 3. The minimum atomic E-state index is -1.04. The molecule has 0 fully saturated rings. The fourth-order valence-electron chi connectivity index (χ4n) is 1.46. The summed E-state index contributed by atoms with van der Waals surface area (Å²) in [5.41, 5.74) is 0. The Bertz CT molecular complexity index is 508. The molecular weight excluding hydrogens is 321 g/mol. The Morgan fingerprint density at radius 1 is 1.35 bits per heavy atom. The molecule has 1 rings (SSSR count). The molecule has 0 aliphatic heterocycles. The molecular formula is C13H15Cl2NO3S. The fraction of sp³-hybridized carbons (Fsp3) is 0.385. The van der Waals surface area contributed by atoms with Gasteiger partial charge in [-0.05, 0) is 24.1 Å². The maximum Gasteiger partial charge on any atom is 0.326 e. The van der Waals surface area contributed by atoms with Crippen molar-refractivity contribution in [2.24, 2.45) is 5.92 Å². The van der Waals surface area contributed by atoms with Crippen LogP contribution in [-0.2, 0) is 9.59 Å². The van der Waals surface area contributed by atoms with E-state index in [1.165, 1.54) is 11.8 Å². The van der Waals surface area contributed by atoms with E-state index in [4.69, 9.17) is 28.3 Å². The van der Waals surface area contributed by atoms with Crippen molar-refractivity contribution in [1.29, 1.82) is 0 Å². The van der Waals surface area contributed by atoms with E-state index in [0.29, 0.717) is 14.9 Å². The van der Waals surface area contributed by atoms with Crippen molar-refractivity contribution < 1.29 is 14.7 Å². The Labute approximate surface area is 131 Å². The van der Waals surface area contributed by atoms with Crippen LogP contribution in [0.3, 0.4) is 0 Å². The number of carbonyl (C=O) groups is 2. The fourth-order valence-corrected chi connectivity index (χ4v) is 2.76. The lowest BCUT2D eigenvalue weighted by atomic mass is 10.1. The van der Waals surface area contributed by atoms with E-state index in [1.54, 1.807) is 32.0 Å². The average Bonchev–Trinajstić information content (AvgIpc) is 2.36. The largest absolute Gasteiger partial charge is 0.480 e. The first-order valence-corrected chi connectivity index (χ1v) is 7.65. The molecule has 4 nitrogen and oxygen atoms in total. The van der Waals surface area contributed by atoms with E-state index in [-0.39, 0.29) is 17.6 Å². The second kappa shape index (κ2) is 7.76. The van der Waals surface area contributed by atoms with Gasteiger partial charge in [-0.3, -0.25) is 4.79 Å². The zero-order valence-corrected chi connectivity index (χ0v) is 13.4. The summed E-state index contributed by atoms with van der Waals surface area (Å²) in [6.45, 7) is 3.47. The van der Waals surface area contributed by atoms with Crippen molar-refractivity contribution in [2.45, 2.75) is 24.8 Å². The summed E-state index contributed by atoms with van der Waals surface area (Å²) in [5, 5.41) is 12.5. The van der Waals surface area contributed by atoms with Crippen LogP contribution in [0.4, 0.5) is 0 Å². The number of benzene rings is 1. The standard InChI is InChI=1S/C13H15Cl2NO3S/c1-7(2)12(13(18)19)16-11(17)6-20-10-5-8(14)3-4-9(10)15/h3-5,7,12H,6H2,1-2H3,(H,16,17)(H,18,19)/t12-/m0/s1. The summed E-state index contributed by atoms with van der Waals surface area (Å²) < 4.78 is 0. The highest BCUT2D eigenvalue weighted by Gasteiger charge is 2.23. The van der Waals surface area contributed by atoms with Crippen LogP contribution in [0.1, 0.15) is 13.8 Å².